The van der Waals surface area contributed by atoms with Gasteiger partial charge in [0.15, 0.2) is 0 Å². The molecule has 1 aliphatic rings. The van der Waals surface area contributed by atoms with Gasteiger partial charge in [-0.15, -0.1) is 0 Å². The minimum atomic E-state index is -3.53. The van der Waals surface area contributed by atoms with Crippen molar-refractivity contribution in [1.82, 2.24) is 4.72 Å². The molecule has 24 heavy (non-hydrogen) atoms. The monoisotopic (exact) mass is 384 g/mol. The molecule has 1 amide bonds. The summed E-state index contributed by atoms with van der Waals surface area (Å²) in [4.78, 5) is 12.4. The molecule has 126 valence electrons. The van der Waals surface area contributed by atoms with Crippen molar-refractivity contribution in [2.75, 3.05) is 5.32 Å². The molecule has 0 saturated heterocycles. The lowest BCUT2D eigenvalue weighted by molar-refractivity contribution is 0.102. The van der Waals surface area contributed by atoms with Crippen LogP contribution in [0, 0.1) is 0 Å². The minimum absolute atomic E-state index is 0.0329. The van der Waals surface area contributed by atoms with Gasteiger partial charge in [0.2, 0.25) is 10.0 Å². The molecule has 0 atom stereocenters. The maximum absolute atomic E-state index is 12.2. The first-order valence-electron chi connectivity index (χ1n) is 7.23. The number of carbonyl (C=O) groups is 1. The fourth-order valence-electron chi connectivity index (χ4n) is 2.10. The van der Waals surface area contributed by atoms with Crippen molar-refractivity contribution in [3.8, 4) is 0 Å². The standard InChI is InChI=1S/C16H14Cl2N2O3S/c17-11-7-12(18)9-14(8-11)19-16(21)10-1-5-15(6-2-10)24(22,23)20-13-3-4-13/h1-2,5-9,13,20H,3-4H2,(H,19,21). The Morgan fingerprint density at radius 3 is 2.12 bits per heavy atom. The zero-order valence-corrected chi connectivity index (χ0v) is 14.8. The second-order valence-corrected chi connectivity index (χ2v) is 8.12. The van der Waals surface area contributed by atoms with E-state index in [-0.39, 0.29) is 16.8 Å². The van der Waals surface area contributed by atoms with Gasteiger partial charge in [-0.05, 0) is 55.3 Å². The van der Waals surface area contributed by atoms with E-state index in [2.05, 4.69) is 10.0 Å². The molecule has 0 radical (unpaired) electrons. The molecule has 0 aliphatic heterocycles. The zero-order valence-electron chi connectivity index (χ0n) is 12.4. The molecule has 0 aromatic heterocycles. The molecule has 8 heteroatoms. The molecule has 0 heterocycles. The van der Waals surface area contributed by atoms with Crippen LogP contribution in [-0.4, -0.2) is 20.4 Å². The second-order valence-electron chi connectivity index (χ2n) is 5.53. The summed E-state index contributed by atoms with van der Waals surface area (Å²) in [7, 11) is -3.53. The average Bonchev–Trinajstić information content (AvgIpc) is 3.29. The van der Waals surface area contributed by atoms with Crippen LogP contribution in [0.4, 0.5) is 5.69 Å². The van der Waals surface area contributed by atoms with Gasteiger partial charge in [-0.25, -0.2) is 13.1 Å². The van der Waals surface area contributed by atoms with Crippen molar-refractivity contribution >= 4 is 44.8 Å². The summed E-state index contributed by atoms with van der Waals surface area (Å²) >= 11 is 11.8. The predicted molar refractivity (Wildman–Crippen MR) is 94.2 cm³/mol. The number of benzene rings is 2. The van der Waals surface area contributed by atoms with Gasteiger partial charge in [0.05, 0.1) is 4.90 Å². The predicted octanol–water partition coefficient (Wildman–Crippen LogP) is 3.69. The van der Waals surface area contributed by atoms with Gasteiger partial charge in [-0.3, -0.25) is 4.79 Å². The fourth-order valence-corrected chi connectivity index (χ4v) is 3.93. The van der Waals surface area contributed by atoms with Crippen LogP contribution in [-0.2, 0) is 10.0 Å². The van der Waals surface area contributed by atoms with Gasteiger partial charge in [0, 0.05) is 27.3 Å². The number of hydrogen-bond donors (Lipinski definition) is 2. The number of halogens is 2. The molecule has 3 rings (SSSR count). The topological polar surface area (TPSA) is 75.3 Å². The highest BCUT2D eigenvalue weighted by atomic mass is 35.5. The number of hydrogen-bond acceptors (Lipinski definition) is 3. The summed E-state index contributed by atoms with van der Waals surface area (Å²) < 4.78 is 26.8. The van der Waals surface area contributed by atoms with Crippen LogP contribution in [0.5, 0.6) is 0 Å². The van der Waals surface area contributed by atoms with E-state index in [9.17, 15) is 13.2 Å². The third-order valence-corrected chi connectivity index (χ3v) is 5.42. The van der Waals surface area contributed by atoms with E-state index in [0.717, 1.165) is 12.8 Å². The molecule has 0 unspecified atom stereocenters. The average molecular weight is 385 g/mol. The van der Waals surface area contributed by atoms with Crippen molar-refractivity contribution in [2.45, 2.75) is 23.8 Å². The number of sulfonamides is 1. The highest BCUT2D eigenvalue weighted by molar-refractivity contribution is 7.89. The summed E-state index contributed by atoms with van der Waals surface area (Å²) in [5.41, 5.74) is 0.793. The van der Waals surface area contributed by atoms with Gasteiger partial charge in [-0.2, -0.15) is 0 Å². The molecule has 1 aliphatic carbocycles. The van der Waals surface area contributed by atoms with Crippen molar-refractivity contribution in [2.24, 2.45) is 0 Å². The van der Waals surface area contributed by atoms with Crippen molar-refractivity contribution in [3.63, 3.8) is 0 Å². The van der Waals surface area contributed by atoms with E-state index in [1.165, 1.54) is 24.3 Å². The van der Waals surface area contributed by atoms with Gasteiger partial charge in [-0.1, -0.05) is 23.2 Å². The Hall–Kier alpha value is -1.60. The Kier molecular flexibility index (Phi) is 4.83. The minimum Gasteiger partial charge on any atom is -0.322 e. The lowest BCUT2D eigenvalue weighted by Crippen LogP contribution is -2.25. The van der Waals surface area contributed by atoms with Crippen LogP contribution in [0.25, 0.3) is 0 Å². The Labute approximate surface area is 150 Å². The van der Waals surface area contributed by atoms with E-state index >= 15 is 0 Å². The molecule has 1 saturated carbocycles. The van der Waals surface area contributed by atoms with Gasteiger partial charge >= 0.3 is 0 Å². The SMILES string of the molecule is O=C(Nc1cc(Cl)cc(Cl)c1)c1ccc(S(=O)(=O)NC2CC2)cc1. The smallest absolute Gasteiger partial charge is 0.255 e. The molecule has 2 aromatic rings. The first-order valence-corrected chi connectivity index (χ1v) is 9.47. The number of amides is 1. The van der Waals surface area contributed by atoms with Crippen LogP contribution in [0.3, 0.4) is 0 Å². The Morgan fingerprint density at radius 2 is 1.58 bits per heavy atom. The molecule has 1 fully saturated rings. The molecule has 2 N–H and O–H groups in total. The lowest BCUT2D eigenvalue weighted by atomic mass is 10.2. The van der Waals surface area contributed by atoms with Crippen LogP contribution in [0.1, 0.15) is 23.2 Å². The van der Waals surface area contributed by atoms with E-state index < -0.39 is 10.0 Å². The normalized spacial score (nSPS) is 14.4. The first kappa shape index (κ1) is 17.2. The molecule has 0 spiro atoms. The van der Waals surface area contributed by atoms with E-state index in [1.807, 2.05) is 0 Å². The van der Waals surface area contributed by atoms with Crippen molar-refractivity contribution in [3.05, 3.63) is 58.1 Å². The zero-order chi connectivity index (χ0) is 17.3. The van der Waals surface area contributed by atoms with Gasteiger partial charge in [0.1, 0.15) is 0 Å². The fraction of sp³-hybridized carbons (Fsp3) is 0.188. The molecule has 5 nitrogen and oxygen atoms in total. The number of rotatable bonds is 5. The lowest BCUT2D eigenvalue weighted by Gasteiger charge is -2.08. The number of nitrogens with one attached hydrogen (secondary N) is 2. The van der Waals surface area contributed by atoms with Crippen LogP contribution < -0.4 is 10.0 Å². The summed E-state index contributed by atoms with van der Waals surface area (Å²) in [6, 6.07) is 10.5. The van der Waals surface area contributed by atoms with E-state index in [4.69, 9.17) is 23.2 Å². The molecular weight excluding hydrogens is 371 g/mol. The number of anilines is 1. The van der Waals surface area contributed by atoms with Crippen molar-refractivity contribution < 1.29 is 13.2 Å². The van der Waals surface area contributed by atoms with Crippen molar-refractivity contribution in [1.29, 1.82) is 0 Å². The molecule has 2 aromatic carbocycles. The highest BCUT2D eigenvalue weighted by Crippen LogP contribution is 2.24. The molecule has 0 bridgehead atoms. The summed E-state index contributed by atoms with van der Waals surface area (Å²) in [5, 5.41) is 3.48. The van der Waals surface area contributed by atoms with E-state index in [0.29, 0.717) is 21.3 Å². The van der Waals surface area contributed by atoms with Crippen LogP contribution in [0.15, 0.2) is 47.4 Å². The summed E-state index contributed by atoms with van der Waals surface area (Å²) in [6.07, 6.45) is 1.73. The third kappa shape index (κ3) is 4.27. The first-order chi connectivity index (χ1) is 11.3. The van der Waals surface area contributed by atoms with Gasteiger partial charge < -0.3 is 5.32 Å². The molecular formula is C16H14Cl2N2O3S. The third-order valence-electron chi connectivity index (χ3n) is 3.45. The number of carbonyl (C=O) groups excluding carboxylic acids is 1. The highest BCUT2D eigenvalue weighted by Gasteiger charge is 2.27. The summed E-state index contributed by atoms with van der Waals surface area (Å²) in [5.74, 6) is -0.382. The van der Waals surface area contributed by atoms with Crippen LogP contribution in [0.2, 0.25) is 10.0 Å². The Morgan fingerprint density at radius 1 is 1.00 bits per heavy atom. The Bertz CT molecular complexity index is 858. The van der Waals surface area contributed by atoms with Crippen LogP contribution >= 0.6 is 23.2 Å². The van der Waals surface area contributed by atoms with Gasteiger partial charge in [0.25, 0.3) is 5.91 Å². The quantitative estimate of drug-likeness (QED) is 0.825. The maximum Gasteiger partial charge on any atom is 0.255 e. The largest absolute Gasteiger partial charge is 0.322 e. The maximum atomic E-state index is 12.2. The van der Waals surface area contributed by atoms with E-state index in [1.54, 1.807) is 18.2 Å². The Balaban J connectivity index is 1.73. The summed E-state index contributed by atoms with van der Waals surface area (Å²) in [6.45, 7) is 0. The second kappa shape index (κ2) is 6.72.